The summed E-state index contributed by atoms with van der Waals surface area (Å²) >= 11 is 0. The van der Waals surface area contributed by atoms with Gasteiger partial charge in [-0.15, -0.1) is 0 Å². The fourth-order valence-corrected chi connectivity index (χ4v) is 3.82. The first-order valence-electron chi connectivity index (χ1n) is 10.3. The van der Waals surface area contributed by atoms with Gasteiger partial charge in [0.2, 0.25) is 5.91 Å². The van der Waals surface area contributed by atoms with Gasteiger partial charge in [-0.05, 0) is 49.7 Å². The van der Waals surface area contributed by atoms with Crippen LogP contribution in [0.3, 0.4) is 0 Å². The van der Waals surface area contributed by atoms with Crippen LogP contribution >= 0.6 is 0 Å². The molecule has 4 rings (SSSR count). The molecule has 2 N–H and O–H groups in total. The van der Waals surface area contributed by atoms with Crippen molar-refractivity contribution in [2.45, 2.75) is 25.3 Å². The quantitative estimate of drug-likeness (QED) is 0.735. The summed E-state index contributed by atoms with van der Waals surface area (Å²) in [5.74, 6) is 0.0412. The maximum Gasteiger partial charge on any atom is 0.271 e. The van der Waals surface area contributed by atoms with Crippen molar-refractivity contribution in [2.24, 2.45) is 0 Å². The maximum absolute atomic E-state index is 12.3. The lowest BCUT2D eigenvalue weighted by Gasteiger charge is -2.39. The van der Waals surface area contributed by atoms with E-state index in [1.807, 2.05) is 24.3 Å². The number of hydrogen-bond acceptors (Lipinski definition) is 5. The molecule has 0 aromatic carbocycles. The highest BCUT2D eigenvalue weighted by atomic mass is 16.2. The number of rotatable bonds is 6. The Morgan fingerprint density at radius 3 is 2.69 bits per heavy atom. The van der Waals surface area contributed by atoms with Crippen LogP contribution in [0.15, 0.2) is 53.7 Å². The van der Waals surface area contributed by atoms with E-state index in [1.165, 1.54) is 19.3 Å². The summed E-state index contributed by atoms with van der Waals surface area (Å²) in [6, 6.07) is 5.73. The summed E-state index contributed by atoms with van der Waals surface area (Å²) in [4.78, 5) is 35.4. The molecule has 0 saturated carbocycles. The molecule has 2 aliphatic heterocycles. The third-order valence-corrected chi connectivity index (χ3v) is 5.54. The van der Waals surface area contributed by atoms with Crippen molar-refractivity contribution in [3.63, 3.8) is 0 Å². The molecule has 0 bridgehead atoms. The van der Waals surface area contributed by atoms with Crippen LogP contribution in [0.5, 0.6) is 0 Å². The molecule has 2 fully saturated rings. The molecule has 0 spiro atoms. The second-order valence-electron chi connectivity index (χ2n) is 7.72. The summed E-state index contributed by atoms with van der Waals surface area (Å²) in [6.45, 7) is 4.30. The minimum atomic E-state index is -0.158. The van der Waals surface area contributed by atoms with E-state index in [-0.39, 0.29) is 17.5 Å². The second kappa shape index (κ2) is 9.05. The fourth-order valence-electron chi connectivity index (χ4n) is 3.82. The van der Waals surface area contributed by atoms with Crippen LogP contribution in [-0.2, 0) is 4.79 Å². The lowest BCUT2D eigenvalue weighted by Crippen LogP contribution is -2.57. The van der Waals surface area contributed by atoms with Gasteiger partial charge >= 0.3 is 0 Å². The molecule has 0 unspecified atom stereocenters. The molecule has 1 amide bonds. The van der Waals surface area contributed by atoms with Crippen LogP contribution in [0.2, 0.25) is 0 Å². The fraction of sp³-hybridized carbons (Fsp3) is 0.409. The van der Waals surface area contributed by atoms with E-state index in [0.717, 1.165) is 30.8 Å². The third kappa shape index (κ3) is 4.92. The molecular weight excluding hydrogens is 366 g/mol. The van der Waals surface area contributed by atoms with E-state index in [2.05, 4.69) is 20.2 Å². The normalized spacial score (nSPS) is 18.0. The predicted octanol–water partition coefficient (Wildman–Crippen LogP) is 2.10. The largest absolute Gasteiger partial charge is 0.374 e. The first kappa shape index (κ1) is 19.4. The van der Waals surface area contributed by atoms with Gasteiger partial charge in [-0.3, -0.25) is 19.5 Å². The number of aromatic nitrogens is 2. The summed E-state index contributed by atoms with van der Waals surface area (Å²) in [5.41, 5.74) is 2.28. The first-order chi connectivity index (χ1) is 14.2. The molecule has 2 aromatic rings. The Labute approximate surface area is 170 Å². The van der Waals surface area contributed by atoms with Gasteiger partial charge in [0.05, 0.1) is 6.04 Å². The number of piperidine rings is 1. The molecule has 2 aliphatic rings. The average Bonchev–Trinajstić information content (AvgIpc) is 2.73. The molecule has 4 heterocycles. The molecular formula is C22H27N5O2. The summed E-state index contributed by atoms with van der Waals surface area (Å²) in [7, 11) is 0. The zero-order valence-electron chi connectivity index (χ0n) is 16.5. The van der Waals surface area contributed by atoms with E-state index < -0.39 is 0 Å². The minimum absolute atomic E-state index is 0.0412. The number of likely N-dealkylation sites (tertiary alicyclic amines) is 2. The molecule has 152 valence electrons. The Morgan fingerprint density at radius 1 is 1.17 bits per heavy atom. The number of carbonyl (C=O) groups is 1. The number of hydrogen-bond donors (Lipinski definition) is 2. The topological polar surface area (TPSA) is 81.3 Å². The molecule has 29 heavy (non-hydrogen) atoms. The SMILES string of the molecule is O=C(C=CCN1CCCCC1)N1CC(Nc2cc(-c3ccncc3)c[nH]c2=O)C1. The molecule has 7 nitrogen and oxygen atoms in total. The third-order valence-electron chi connectivity index (χ3n) is 5.54. The van der Waals surface area contributed by atoms with Crippen molar-refractivity contribution in [2.75, 3.05) is 38.0 Å². The smallest absolute Gasteiger partial charge is 0.271 e. The minimum Gasteiger partial charge on any atom is -0.374 e. The van der Waals surface area contributed by atoms with Crippen molar-refractivity contribution >= 4 is 11.6 Å². The van der Waals surface area contributed by atoms with Crippen LogP contribution in [0.4, 0.5) is 5.69 Å². The molecule has 0 aliphatic carbocycles. The maximum atomic E-state index is 12.3. The van der Waals surface area contributed by atoms with Crippen molar-refractivity contribution in [3.8, 4) is 11.1 Å². The lowest BCUT2D eigenvalue weighted by molar-refractivity contribution is -0.129. The molecule has 0 atom stereocenters. The van der Waals surface area contributed by atoms with Gasteiger partial charge in [0.1, 0.15) is 5.69 Å². The number of carbonyl (C=O) groups excluding carboxylic acids is 1. The van der Waals surface area contributed by atoms with E-state index >= 15 is 0 Å². The number of nitrogens with zero attached hydrogens (tertiary/aromatic N) is 3. The van der Waals surface area contributed by atoms with Gasteiger partial charge in [-0.25, -0.2) is 0 Å². The van der Waals surface area contributed by atoms with E-state index in [1.54, 1.807) is 29.6 Å². The van der Waals surface area contributed by atoms with Crippen molar-refractivity contribution in [1.82, 2.24) is 19.8 Å². The molecule has 2 saturated heterocycles. The van der Waals surface area contributed by atoms with Crippen LogP contribution < -0.4 is 10.9 Å². The average molecular weight is 393 g/mol. The van der Waals surface area contributed by atoms with Gasteiger partial charge in [0.25, 0.3) is 5.56 Å². The highest BCUT2D eigenvalue weighted by molar-refractivity contribution is 5.88. The summed E-state index contributed by atoms with van der Waals surface area (Å²) < 4.78 is 0. The number of amides is 1. The lowest BCUT2D eigenvalue weighted by atomic mass is 10.1. The Kier molecular flexibility index (Phi) is 6.05. The highest BCUT2D eigenvalue weighted by Crippen LogP contribution is 2.20. The van der Waals surface area contributed by atoms with E-state index in [0.29, 0.717) is 18.8 Å². The van der Waals surface area contributed by atoms with Crippen LogP contribution in [-0.4, -0.2) is 64.4 Å². The predicted molar refractivity (Wildman–Crippen MR) is 114 cm³/mol. The zero-order valence-corrected chi connectivity index (χ0v) is 16.5. The first-order valence-corrected chi connectivity index (χ1v) is 10.3. The van der Waals surface area contributed by atoms with Crippen LogP contribution in [0.1, 0.15) is 19.3 Å². The van der Waals surface area contributed by atoms with Gasteiger partial charge in [-0.2, -0.15) is 0 Å². The van der Waals surface area contributed by atoms with E-state index in [9.17, 15) is 9.59 Å². The summed E-state index contributed by atoms with van der Waals surface area (Å²) in [5, 5.41) is 3.26. The molecule has 2 aromatic heterocycles. The van der Waals surface area contributed by atoms with Crippen LogP contribution in [0.25, 0.3) is 11.1 Å². The molecule has 0 radical (unpaired) electrons. The summed E-state index contributed by atoms with van der Waals surface area (Å²) in [6.07, 6.45) is 12.6. The number of aromatic amines is 1. The number of H-pyrrole nitrogens is 1. The number of anilines is 1. The Balaban J connectivity index is 1.28. The second-order valence-corrected chi connectivity index (χ2v) is 7.72. The van der Waals surface area contributed by atoms with Crippen molar-refractivity contribution < 1.29 is 4.79 Å². The van der Waals surface area contributed by atoms with Crippen molar-refractivity contribution in [1.29, 1.82) is 0 Å². The van der Waals surface area contributed by atoms with Gasteiger partial charge in [0.15, 0.2) is 0 Å². The van der Waals surface area contributed by atoms with Crippen molar-refractivity contribution in [3.05, 3.63) is 59.3 Å². The molecule has 7 heteroatoms. The van der Waals surface area contributed by atoms with Crippen LogP contribution in [0, 0.1) is 0 Å². The monoisotopic (exact) mass is 393 g/mol. The van der Waals surface area contributed by atoms with Gasteiger partial charge < -0.3 is 15.2 Å². The Bertz CT molecular complexity index is 912. The Hall–Kier alpha value is -2.93. The number of pyridine rings is 2. The Morgan fingerprint density at radius 2 is 1.93 bits per heavy atom. The highest BCUT2D eigenvalue weighted by Gasteiger charge is 2.29. The standard InChI is InChI=1S/C22H27N5O2/c28-21(5-4-12-26-10-2-1-3-11-26)27-15-19(16-27)25-20-13-18(14-24-22(20)29)17-6-8-23-9-7-17/h4-9,13-14,19,25H,1-3,10-12,15-16H2,(H,24,29). The number of nitrogens with one attached hydrogen (secondary N) is 2. The zero-order chi connectivity index (χ0) is 20.1. The van der Waals surface area contributed by atoms with Gasteiger partial charge in [0, 0.05) is 49.9 Å². The van der Waals surface area contributed by atoms with Gasteiger partial charge in [-0.1, -0.05) is 12.5 Å². The van der Waals surface area contributed by atoms with E-state index in [4.69, 9.17) is 0 Å².